The number of halogens is 1. The van der Waals surface area contributed by atoms with Gasteiger partial charge in [-0.3, -0.25) is 4.79 Å². The number of carbonyl (C=O) groups is 2. The Bertz CT molecular complexity index is 1310. The van der Waals surface area contributed by atoms with E-state index >= 15 is 0 Å². The molecule has 3 N–H and O–H groups in total. The number of rotatable bonds is 8. The standard InChI is InChI=1S/C27H29ClN4O3/c1-7-14(2)20-13-18(28)11-12-19(20)15(3)25-30-16(4)23(24(29)32-25)27(6,17(5)33)22-10-8-9-21(31-22)26(34)35/h8-14H,3,7H2,1-2,4-6H3,(H,34,35)(H2,29,30,32). The van der Waals surface area contributed by atoms with Crippen molar-refractivity contribution in [1.29, 1.82) is 0 Å². The van der Waals surface area contributed by atoms with E-state index in [0.29, 0.717) is 27.7 Å². The lowest BCUT2D eigenvalue weighted by Crippen LogP contribution is -2.36. The maximum Gasteiger partial charge on any atom is 0.354 e. The maximum absolute atomic E-state index is 12.9. The summed E-state index contributed by atoms with van der Waals surface area (Å²) < 4.78 is 0. The van der Waals surface area contributed by atoms with Gasteiger partial charge in [-0.1, -0.05) is 44.2 Å². The molecule has 2 unspecified atom stereocenters. The van der Waals surface area contributed by atoms with Crippen LogP contribution < -0.4 is 5.73 Å². The second-order valence-corrected chi connectivity index (χ2v) is 9.24. The van der Waals surface area contributed by atoms with Gasteiger partial charge < -0.3 is 10.8 Å². The van der Waals surface area contributed by atoms with Gasteiger partial charge in [-0.05, 0) is 68.5 Å². The zero-order valence-electron chi connectivity index (χ0n) is 20.5. The van der Waals surface area contributed by atoms with E-state index in [2.05, 4.69) is 35.4 Å². The molecule has 1 aromatic carbocycles. The van der Waals surface area contributed by atoms with E-state index in [-0.39, 0.29) is 28.9 Å². The summed E-state index contributed by atoms with van der Waals surface area (Å²) in [6.45, 7) is 13.2. The molecule has 0 amide bonds. The van der Waals surface area contributed by atoms with Crippen LogP contribution in [-0.2, 0) is 10.2 Å². The lowest BCUT2D eigenvalue weighted by atomic mass is 9.75. The number of ketones is 1. The summed E-state index contributed by atoms with van der Waals surface area (Å²) in [7, 11) is 0. The molecule has 0 aliphatic rings. The first kappa shape index (κ1) is 26.0. The number of pyridine rings is 1. The van der Waals surface area contributed by atoms with E-state index in [1.54, 1.807) is 32.0 Å². The summed E-state index contributed by atoms with van der Waals surface area (Å²) in [5.74, 6) is -0.770. The van der Waals surface area contributed by atoms with Gasteiger partial charge >= 0.3 is 5.97 Å². The molecule has 0 saturated heterocycles. The van der Waals surface area contributed by atoms with E-state index in [4.69, 9.17) is 17.3 Å². The third kappa shape index (κ3) is 4.82. The predicted octanol–water partition coefficient (Wildman–Crippen LogP) is 5.58. The Morgan fingerprint density at radius 3 is 2.46 bits per heavy atom. The Morgan fingerprint density at radius 2 is 1.89 bits per heavy atom. The number of aromatic nitrogens is 3. The quantitative estimate of drug-likeness (QED) is 0.421. The summed E-state index contributed by atoms with van der Waals surface area (Å²) in [4.78, 5) is 37.8. The Morgan fingerprint density at radius 1 is 1.20 bits per heavy atom. The van der Waals surface area contributed by atoms with Crippen molar-refractivity contribution in [2.24, 2.45) is 0 Å². The number of carbonyl (C=O) groups excluding carboxylic acids is 1. The van der Waals surface area contributed by atoms with Crippen LogP contribution >= 0.6 is 11.6 Å². The molecule has 0 bridgehead atoms. The lowest BCUT2D eigenvalue weighted by Gasteiger charge is -2.29. The molecule has 7 nitrogen and oxygen atoms in total. The van der Waals surface area contributed by atoms with E-state index in [1.807, 2.05) is 12.1 Å². The number of aryl methyl sites for hydroxylation is 1. The number of carboxylic acids is 1. The summed E-state index contributed by atoms with van der Waals surface area (Å²) in [5, 5.41) is 10.0. The summed E-state index contributed by atoms with van der Waals surface area (Å²) in [6, 6.07) is 10.1. The van der Waals surface area contributed by atoms with Crippen molar-refractivity contribution in [3.8, 4) is 0 Å². The van der Waals surface area contributed by atoms with Gasteiger partial charge in [0.15, 0.2) is 5.82 Å². The minimum atomic E-state index is -1.35. The summed E-state index contributed by atoms with van der Waals surface area (Å²) >= 11 is 6.25. The second kappa shape index (κ2) is 9.96. The average Bonchev–Trinajstić information content (AvgIpc) is 2.82. The molecule has 3 rings (SSSR count). The molecule has 2 atom stereocenters. The molecular weight excluding hydrogens is 464 g/mol. The number of nitrogens with zero attached hydrogens (tertiary/aromatic N) is 3. The first-order valence-electron chi connectivity index (χ1n) is 11.3. The van der Waals surface area contributed by atoms with Gasteiger partial charge in [0.1, 0.15) is 17.3 Å². The minimum absolute atomic E-state index is 0.105. The number of Topliss-reactive ketones (excluding diaryl/α,β-unsaturated/α-hetero) is 1. The first-order chi connectivity index (χ1) is 16.4. The Labute approximate surface area is 210 Å². The van der Waals surface area contributed by atoms with Crippen LogP contribution in [0.4, 0.5) is 5.82 Å². The fourth-order valence-electron chi connectivity index (χ4n) is 4.22. The molecule has 0 aliphatic heterocycles. The van der Waals surface area contributed by atoms with Crippen LogP contribution in [0.2, 0.25) is 5.02 Å². The highest BCUT2D eigenvalue weighted by Crippen LogP contribution is 2.38. The maximum atomic E-state index is 12.9. The van der Waals surface area contributed by atoms with E-state index < -0.39 is 11.4 Å². The molecule has 0 fully saturated rings. The number of benzene rings is 1. The zero-order chi connectivity index (χ0) is 26.1. The molecule has 2 aromatic heterocycles. The molecule has 35 heavy (non-hydrogen) atoms. The molecule has 0 spiro atoms. The summed E-state index contributed by atoms with van der Waals surface area (Å²) in [5.41, 5.74) is 8.55. The average molecular weight is 493 g/mol. The van der Waals surface area contributed by atoms with Crippen LogP contribution in [-0.4, -0.2) is 31.8 Å². The largest absolute Gasteiger partial charge is 0.477 e. The fourth-order valence-corrected chi connectivity index (χ4v) is 4.40. The van der Waals surface area contributed by atoms with Crippen LogP contribution in [0.3, 0.4) is 0 Å². The Hall–Kier alpha value is -3.58. The number of hydrogen-bond acceptors (Lipinski definition) is 6. The molecule has 0 saturated carbocycles. The zero-order valence-corrected chi connectivity index (χ0v) is 21.3. The van der Waals surface area contributed by atoms with Gasteiger partial charge in [-0.2, -0.15) is 0 Å². The number of hydrogen-bond donors (Lipinski definition) is 2. The van der Waals surface area contributed by atoms with Crippen molar-refractivity contribution >= 4 is 34.7 Å². The molecule has 0 aliphatic carbocycles. The molecule has 2 heterocycles. The van der Waals surface area contributed by atoms with Crippen LogP contribution in [0.15, 0.2) is 43.0 Å². The molecule has 182 valence electrons. The SMILES string of the molecule is C=C(c1nc(C)c(C(C)(C(C)=O)c2cccc(C(=O)O)n2)c(N)n1)c1ccc(Cl)cc1C(C)CC. The van der Waals surface area contributed by atoms with Crippen molar-refractivity contribution in [3.63, 3.8) is 0 Å². The van der Waals surface area contributed by atoms with Crippen molar-refractivity contribution in [2.75, 3.05) is 5.73 Å². The Balaban J connectivity index is 2.17. The highest BCUT2D eigenvalue weighted by Gasteiger charge is 2.40. The monoisotopic (exact) mass is 492 g/mol. The Kier molecular flexibility index (Phi) is 7.41. The number of carboxylic acid groups (broad SMARTS) is 1. The number of aromatic carboxylic acids is 1. The van der Waals surface area contributed by atoms with Gasteiger partial charge in [-0.15, -0.1) is 0 Å². The highest BCUT2D eigenvalue weighted by atomic mass is 35.5. The van der Waals surface area contributed by atoms with Gasteiger partial charge in [0.2, 0.25) is 0 Å². The molecule has 3 aromatic rings. The van der Waals surface area contributed by atoms with E-state index in [0.717, 1.165) is 17.5 Å². The van der Waals surface area contributed by atoms with Crippen LogP contribution in [0.25, 0.3) is 5.57 Å². The number of nitrogen functional groups attached to an aromatic ring is 1. The topological polar surface area (TPSA) is 119 Å². The predicted molar refractivity (Wildman–Crippen MR) is 138 cm³/mol. The van der Waals surface area contributed by atoms with Gasteiger partial charge in [0.25, 0.3) is 0 Å². The van der Waals surface area contributed by atoms with Gasteiger partial charge in [-0.25, -0.2) is 19.7 Å². The summed E-state index contributed by atoms with van der Waals surface area (Å²) in [6.07, 6.45) is 0.918. The molecular formula is C27H29ClN4O3. The van der Waals surface area contributed by atoms with Crippen LogP contribution in [0, 0.1) is 6.92 Å². The number of anilines is 1. The first-order valence-corrected chi connectivity index (χ1v) is 11.6. The van der Waals surface area contributed by atoms with Gasteiger partial charge in [0.05, 0.1) is 11.1 Å². The minimum Gasteiger partial charge on any atom is -0.477 e. The highest BCUT2D eigenvalue weighted by molar-refractivity contribution is 6.30. The van der Waals surface area contributed by atoms with Crippen molar-refractivity contribution in [2.45, 2.75) is 52.4 Å². The van der Waals surface area contributed by atoms with Crippen molar-refractivity contribution in [3.05, 3.63) is 87.6 Å². The van der Waals surface area contributed by atoms with Crippen LogP contribution in [0.5, 0.6) is 0 Å². The third-order valence-corrected chi connectivity index (χ3v) is 6.79. The lowest BCUT2D eigenvalue weighted by molar-refractivity contribution is -0.120. The molecule has 8 heteroatoms. The second-order valence-electron chi connectivity index (χ2n) is 8.81. The molecule has 0 radical (unpaired) electrons. The van der Waals surface area contributed by atoms with E-state index in [9.17, 15) is 14.7 Å². The van der Waals surface area contributed by atoms with Crippen LogP contribution in [0.1, 0.15) is 84.4 Å². The van der Waals surface area contributed by atoms with Crippen molar-refractivity contribution in [1.82, 2.24) is 15.0 Å². The third-order valence-electron chi connectivity index (χ3n) is 6.55. The smallest absolute Gasteiger partial charge is 0.354 e. The fraction of sp³-hybridized carbons (Fsp3) is 0.296. The normalized spacial score (nSPS) is 13.7. The van der Waals surface area contributed by atoms with Gasteiger partial charge in [0, 0.05) is 21.9 Å². The van der Waals surface area contributed by atoms with Crippen molar-refractivity contribution < 1.29 is 14.7 Å². The number of nitrogens with two attached hydrogens (primary N) is 1. The van der Waals surface area contributed by atoms with E-state index in [1.165, 1.54) is 13.0 Å².